The Bertz CT molecular complexity index is 746. The molecule has 120 valence electrons. The van der Waals surface area contributed by atoms with Gasteiger partial charge in [0.1, 0.15) is 6.04 Å². The summed E-state index contributed by atoms with van der Waals surface area (Å²) >= 11 is 6.01. The fourth-order valence-electron chi connectivity index (χ4n) is 2.17. The van der Waals surface area contributed by atoms with Crippen molar-refractivity contribution in [1.29, 1.82) is 0 Å². The van der Waals surface area contributed by atoms with Crippen molar-refractivity contribution in [2.75, 3.05) is 5.32 Å². The fraction of sp³-hybridized carbons (Fsp3) is 0.176. The second-order valence-electron chi connectivity index (χ2n) is 5.26. The Morgan fingerprint density at radius 1 is 1.13 bits per heavy atom. The lowest BCUT2D eigenvalue weighted by atomic mass is 10.0. The topological polar surface area (TPSA) is 84.2 Å². The molecule has 0 radical (unpaired) electrons. The number of halogens is 1. The standard InChI is InChI=1S/C17H18ClN3O2/c1-10-8-13(12-4-3-5-14(18)9-12)6-7-15(10)21-16(22)11(2)20-17(19)23/h3-9,11H,1-2H3,(H,21,22)(H3,19,20,23). The van der Waals surface area contributed by atoms with Gasteiger partial charge in [-0.2, -0.15) is 0 Å². The smallest absolute Gasteiger partial charge is 0.312 e. The highest BCUT2D eigenvalue weighted by Crippen LogP contribution is 2.26. The molecule has 0 saturated carbocycles. The molecule has 1 unspecified atom stereocenters. The zero-order valence-corrected chi connectivity index (χ0v) is 13.6. The molecule has 5 nitrogen and oxygen atoms in total. The molecule has 2 rings (SSSR count). The molecule has 0 fully saturated rings. The van der Waals surface area contributed by atoms with Crippen LogP contribution in [0.15, 0.2) is 42.5 Å². The van der Waals surface area contributed by atoms with Gasteiger partial charge < -0.3 is 16.4 Å². The van der Waals surface area contributed by atoms with E-state index < -0.39 is 12.1 Å². The minimum Gasteiger partial charge on any atom is -0.352 e. The van der Waals surface area contributed by atoms with Crippen LogP contribution in [0.2, 0.25) is 5.02 Å². The number of rotatable bonds is 4. The predicted molar refractivity (Wildman–Crippen MR) is 92.4 cm³/mol. The number of benzene rings is 2. The number of aryl methyl sites for hydroxylation is 1. The Kier molecular flexibility index (Phi) is 5.24. The minimum absolute atomic E-state index is 0.331. The Hall–Kier alpha value is -2.53. The van der Waals surface area contributed by atoms with Gasteiger partial charge in [-0.1, -0.05) is 29.8 Å². The molecule has 2 aromatic rings. The van der Waals surface area contributed by atoms with Crippen molar-refractivity contribution in [1.82, 2.24) is 5.32 Å². The molecule has 0 heterocycles. The first-order valence-electron chi connectivity index (χ1n) is 7.10. The number of carbonyl (C=O) groups excluding carboxylic acids is 2. The number of amides is 3. The van der Waals surface area contributed by atoms with E-state index >= 15 is 0 Å². The first-order valence-corrected chi connectivity index (χ1v) is 7.48. The maximum absolute atomic E-state index is 12.0. The zero-order chi connectivity index (χ0) is 17.0. The molecular formula is C17H18ClN3O2. The monoisotopic (exact) mass is 331 g/mol. The van der Waals surface area contributed by atoms with Gasteiger partial charge in [-0.15, -0.1) is 0 Å². The second kappa shape index (κ2) is 7.15. The summed E-state index contributed by atoms with van der Waals surface area (Å²) in [4.78, 5) is 22.8. The average molecular weight is 332 g/mol. The molecule has 6 heteroatoms. The fourth-order valence-corrected chi connectivity index (χ4v) is 2.36. The number of nitrogens with one attached hydrogen (secondary N) is 2. The van der Waals surface area contributed by atoms with Crippen molar-refractivity contribution in [3.8, 4) is 11.1 Å². The molecule has 2 aromatic carbocycles. The molecule has 0 aliphatic carbocycles. The molecule has 0 saturated heterocycles. The Morgan fingerprint density at radius 2 is 1.83 bits per heavy atom. The van der Waals surface area contributed by atoms with Crippen LogP contribution in [0.25, 0.3) is 11.1 Å². The van der Waals surface area contributed by atoms with Crippen LogP contribution in [0, 0.1) is 6.92 Å². The van der Waals surface area contributed by atoms with Crippen molar-refractivity contribution < 1.29 is 9.59 Å². The van der Waals surface area contributed by atoms with E-state index in [1.54, 1.807) is 6.92 Å². The van der Waals surface area contributed by atoms with Crippen molar-refractivity contribution in [3.05, 3.63) is 53.1 Å². The molecule has 23 heavy (non-hydrogen) atoms. The van der Waals surface area contributed by atoms with E-state index in [0.717, 1.165) is 16.7 Å². The SMILES string of the molecule is Cc1cc(-c2cccc(Cl)c2)ccc1NC(=O)C(C)NC(N)=O. The lowest BCUT2D eigenvalue weighted by Gasteiger charge is -2.15. The van der Waals surface area contributed by atoms with Gasteiger partial charge >= 0.3 is 6.03 Å². The van der Waals surface area contributed by atoms with Crippen molar-refractivity contribution in [3.63, 3.8) is 0 Å². The minimum atomic E-state index is -0.735. The number of anilines is 1. The lowest BCUT2D eigenvalue weighted by Crippen LogP contribution is -2.44. The number of carbonyl (C=O) groups is 2. The van der Waals surface area contributed by atoms with Crippen LogP contribution in [-0.4, -0.2) is 18.0 Å². The van der Waals surface area contributed by atoms with Gasteiger partial charge in [-0.05, 0) is 54.8 Å². The summed E-state index contributed by atoms with van der Waals surface area (Å²) in [5, 5.41) is 5.78. The van der Waals surface area contributed by atoms with E-state index in [0.29, 0.717) is 10.7 Å². The Labute approximate surface area is 139 Å². The van der Waals surface area contributed by atoms with Gasteiger partial charge in [-0.3, -0.25) is 4.79 Å². The summed E-state index contributed by atoms with van der Waals surface area (Å²) in [5.41, 5.74) is 8.60. The van der Waals surface area contributed by atoms with Gasteiger partial charge in [0, 0.05) is 10.7 Å². The third-order valence-electron chi connectivity index (χ3n) is 3.39. The summed E-state index contributed by atoms with van der Waals surface area (Å²) < 4.78 is 0. The van der Waals surface area contributed by atoms with Crippen LogP contribution < -0.4 is 16.4 Å². The Morgan fingerprint density at radius 3 is 2.43 bits per heavy atom. The van der Waals surface area contributed by atoms with Crippen LogP contribution in [0.4, 0.5) is 10.5 Å². The van der Waals surface area contributed by atoms with E-state index in [-0.39, 0.29) is 5.91 Å². The molecule has 0 bridgehead atoms. The Balaban J connectivity index is 2.17. The van der Waals surface area contributed by atoms with Gasteiger partial charge in [0.15, 0.2) is 0 Å². The molecular weight excluding hydrogens is 314 g/mol. The zero-order valence-electron chi connectivity index (χ0n) is 12.9. The van der Waals surface area contributed by atoms with Gasteiger partial charge in [0.25, 0.3) is 0 Å². The summed E-state index contributed by atoms with van der Waals surface area (Å²) in [6, 6.07) is 11.8. The van der Waals surface area contributed by atoms with Crippen LogP contribution in [-0.2, 0) is 4.79 Å². The molecule has 0 aromatic heterocycles. The van der Waals surface area contributed by atoms with E-state index in [2.05, 4.69) is 10.6 Å². The summed E-state index contributed by atoms with van der Waals surface area (Å²) in [6.07, 6.45) is 0. The van der Waals surface area contributed by atoms with Crippen molar-refractivity contribution >= 4 is 29.2 Å². The number of hydrogen-bond acceptors (Lipinski definition) is 2. The highest BCUT2D eigenvalue weighted by molar-refractivity contribution is 6.30. The first kappa shape index (κ1) is 16.8. The van der Waals surface area contributed by atoms with Crippen LogP contribution >= 0.6 is 11.6 Å². The third-order valence-corrected chi connectivity index (χ3v) is 3.63. The maximum atomic E-state index is 12.0. The van der Waals surface area contributed by atoms with Crippen LogP contribution in [0.1, 0.15) is 12.5 Å². The van der Waals surface area contributed by atoms with Gasteiger partial charge in [0.05, 0.1) is 0 Å². The van der Waals surface area contributed by atoms with E-state index in [4.69, 9.17) is 17.3 Å². The number of hydrogen-bond donors (Lipinski definition) is 3. The van der Waals surface area contributed by atoms with Gasteiger partial charge in [0.2, 0.25) is 5.91 Å². The molecule has 3 amide bonds. The second-order valence-corrected chi connectivity index (χ2v) is 5.70. The number of nitrogens with two attached hydrogens (primary N) is 1. The predicted octanol–water partition coefficient (Wildman–Crippen LogP) is 3.31. The van der Waals surface area contributed by atoms with Gasteiger partial charge in [-0.25, -0.2) is 4.79 Å². The normalized spacial score (nSPS) is 11.6. The highest BCUT2D eigenvalue weighted by Gasteiger charge is 2.15. The molecule has 0 aliphatic rings. The summed E-state index contributed by atoms with van der Waals surface area (Å²) in [5.74, 6) is -0.331. The van der Waals surface area contributed by atoms with E-state index in [1.807, 2.05) is 49.4 Å². The molecule has 4 N–H and O–H groups in total. The van der Waals surface area contributed by atoms with E-state index in [9.17, 15) is 9.59 Å². The number of urea groups is 1. The maximum Gasteiger partial charge on any atom is 0.312 e. The van der Waals surface area contributed by atoms with E-state index in [1.165, 1.54) is 0 Å². The molecule has 1 atom stereocenters. The largest absolute Gasteiger partial charge is 0.352 e. The van der Waals surface area contributed by atoms with Crippen LogP contribution in [0.5, 0.6) is 0 Å². The van der Waals surface area contributed by atoms with Crippen LogP contribution in [0.3, 0.4) is 0 Å². The lowest BCUT2D eigenvalue weighted by molar-refractivity contribution is -0.117. The summed E-state index contributed by atoms with van der Waals surface area (Å²) in [7, 11) is 0. The summed E-state index contributed by atoms with van der Waals surface area (Å²) in [6.45, 7) is 3.46. The highest BCUT2D eigenvalue weighted by atomic mass is 35.5. The molecule has 0 spiro atoms. The third kappa shape index (κ3) is 4.47. The number of primary amides is 1. The molecule has 0 aliphatic heterocycles. The van der Waals surface area contributed by atoms with Crippen molar-refractivity contribution in [2.45, 2.75) is 19.9 Å². The van der Waals surface area contributed by atoms with Crippen molar-refractivity contribution in [2.24, 2.45) is 5.73 Å². The average Bonchev–Trinajstić information content (AvgIpc) is 2.48. The quantitative estimate of drug-likeness (QED) is 0.803. The first-order chi connectivity index (χ1) is 10.9.